The number of hydrogen-bond donors (Lipinski definition) is 0. The predicted octanol–water partition coefficient (Wildman–Crippen LogP) is 5.28. The SMILES string of the molecule is CCCN(CCC)c1ccc(C=Cc2c(C)n(C)n(-c3ccccc3)c2=O)cc1. The molecule has 4 heteroatoms. The zero-order chi connectivity index (χ0) is 20.8. The standard InChI is InChI=1S/C25H31N3O/c1-5-18-27(19-6-2)22-15-12-21(13-16-22)14-17-24-20(3)26(4)28(25(24)29)23-10-8-7-9-11-23/h7-17H,5-6,18-19H2,1-4H3. The Kier molecular flexibility index (Phi) is 6.76. The Balaban J connectivity index is 1.86. The molecule has 0 saturated heterocycles. The van der Waals surface area contributed by atoms with Crippen LogP contribution in [-0.2, 0) is 7.05 Å². The lowest BCUT2D eigenvalue weighted by molar-refractivity contribution is 0.630. The molecule has 3 rings (SSSR count). The highest BCUT2D eigenvalue weighted by molar-refractivity contribution is 5.71. The van der Waals surface area contributed by atoms with Crippen molar-refractivity contribution < 1.29 is 0 Å². The van der Waals surface area contributed by atoms with Crippen LogP contribution in [0.3, 0.4) is 0 Å². The minimum atomic E-state index is 0.00105. The first-order valence-corrected chi connectivity index (χ1v) is 10.4. The molecule has 0 spiro atoms. The Hall–Kier alpha value is -3.01. The number of para-hydroxylation sites is 1. The molecule has 0 aliphatic heterocycles. The second-order valence-corrected chi connectivity index (χ2v) is 7.39. The largest absolute Gasteiger partial charge is 0.372 e. The molecule has 0 radical (unpaired) electrons. The van der Waals surface area contributed by atoms with Crippen LogP contribution in [0.15, 0.2) is 59.4 Å². The third-order valence-corrected chi connectivity index (χ3v) is 5.29. The quantitative estimate of drug-likeness (QED) is 0.525. The molecule has 1 aromatic heterocycles. The summed E-state index contributed by atoms with van der Waals surface area (Å²) in [6.45, 7) is 8.56. The highest BCUT2D eigenvalue weighted by atomic mass is 16.1. The van der Waals surface area contributed by atoms with Crippen LogP contribution in [0, 0.1) is 6.92 Å². The zero-order valence-electron chi connectivity index (χ0n) is 17.9. The molecule has 29 heavy (non-hydrogen) atoms. The van der Waals surface area contributed by atoms with E-state index in [4.69, 9.17) is 0 Å². The van der Waals surface area contributed by atoms with Crippen LogP contribution in [0.1, 0.15) is 43.5 Å². The third kappa shape index (κ3) is 4.53. The topological polar surface area (TPSA) is 30.2 Å². The van der Waals surface area contributed by atoms with Crippen molar-refractivity contribution in [3.8, 4) is 5.69 Å². The summed E-state index contributed by atoms with van der Waals surface area (Å²) >= 11 is 0. The number of anilines is 1. The fraction of sp³-hybridized carbons (Fsp3) is 0.320. The van der Waals surface area contributed by atoms with Crippen molar-refractivity contribution in [1.29, 1.82) is 0 Å². The number of aromatic nitrogens is 2. The van der Waals surface area contributed by atoms with Gasteiger partial charge in [-0.1, -0.05) is 50.3 Å². The van der Waals surface area contributed by atoms with Gasteiger partial charge in [-0.15, -0.1) is 0 Å². The Morgan fingerprint density at radius 1 is 0.897 bits per heavy atom. The molecule has 0 unspecified atom stereocenters. The summed E-state index contributed by atoms with van der Waals surface area (Å²) in [7, 11) is 1.92. The molecule has 1 heterocycles. The van der Waals surface area contributed by atoms with Gasteiger partial charge in [0, 0.05) is 31.5 Å². The highest BCUT2D eigenvalue weighted by Crippen LogP contribution is 2.18. The molecule has 0 aliphatic carbocycles. The van der Waals surface area contributed by atoms with E-state index in [-0.39, 0.29) is 5.56 Å². The van der Waals surface area contributed by atoms with Crippen molar-refractivity contribution in [2.75, 3.05) is 18.0 Å². The Morgan fingerprint density at radius 3 is 2.10 bits per heavy atom. The highest BCUT2D eigenvalue weighted by Gasteiger charge is 2.13. The maximum Gasteiger partial charge on any atom is 0.278 e. The molecule has 4 nitrogen and oxygen atoms in total. The van der Waals surface area contributed by atoms with E-state index in [1.165, 1.54) is 5.69 Å². The number of benzene rings is 2. The monoisotopic (exact) mass is 389 g/mol. The molecular formula is C25H31N3O. The molecule has 0 N–H and O–H groups in total. The second kappa shape index (κ2) is 9.46. The minimum Gasteiger partial charge on any atom is -0.372 e. The van der Waals surface area contributed by atoms with Gasteiger partial charge in [0.25, 0.3) is 5.56 Å². The maximum atomic E-state index is 13.0. The molecular weight excluding hydrogens is 358 g/mol. The van der Waals surface area contributed by atoms with Gasteiger partial charge in [-0.05, 0) is 55.7 Å². The van der Waals surface area contributed by atoms with Gasteiger partial charge < -0.3 is 4.90 Å². The van der Waals surface area contributed by atoms with Gasteiger partial charge in [0.15, 0.2) is 0 Å². The van der Waals surface area contributed by atoms with Gasteiger partial charge in [0.1, 0.15) is 0 Å². The van der Waals surface area contributed by atoms with Gasteiger partial charge in [-0.2, -0.15) is 0 Å². The lowest BCUT2D eigenvalue weighted by Crippen LogP contribution is -2.24. The predicted molar refractivity (Wildman–Crippen MR) is 124 cm³/mol. The van der Waals surface area contributed by atoms with Crippen molar-refractivity contribution in [2.45, 2.75) is 33.6 Å². The molecule has 0 aliphatic rings. The average Bonchev–Trinajstić information content (AvgIpc) is 2.95. The van der Waals surface area contributed by atoms with E-state index in [1.54, 1.807) is 4.68 Å². The van der Waals surface area contributed by atoms with Crippen molar-refractivity contribution in [2.24, 2.45) is 7.05 Å². The van der Waals surface area contributed by atoms with Gasteiger partial charge in [0.05, 0.1) is 11.3 Å². The first-order valence-electron chi connectivity index (χ1n) is 10.4. The van der Waals surface area contributed by atoms with Gasteiger partial charge in [-0.25, -0.2) is 4.68 Å². The van der Waals surface area contributed by atoms with E-state index in [2.05, 4.69) is 43.0 Å². The van der Waals surface area contributed by atoms with Crippen LogP contribution in [0.2, 0.25) is 0 Å². The van der Waals surface area contributed by atoms with Crippen LogP contribution in [0.4, 0.5) is 5.69 Å². The zero-order valence-corrected chi connectivity index (χ0v) is 17.9. The summed E-state index contributed by atoms with van der Waals surface area (Å²) in [5, 5.41) is 0. The average molecular weight is 390 g/mol. The molecule has 0 atom stereocenters. The van der Waals surface area contributed by atoms with Crippen LogP contribution >= 0.6 is 0 Å². The van der Waals surface area contributed by atoms with E-state index in [1.807, 2.05) is 61.1 Å². The summed E-state index contributed by atoms with van der Waals surface area (Å²) in [5.74, 6) is 0. The summed E-state index contributed by atoms with van der Waals surface area (Å²) in [4.78, 5) is 15.4. The maximum absolute atomic E-state index is 13.0. The second-order valence-electron chi connectivity index (χ2n) is 7.39. The first-order chi connectivity index (χ1) is 14.1. The van der Waals surface area contributed by atoms with Crippen LogP contribution in [0.5, 0.6) is 0 Å². The molecule has 0 amide bonds. The summed E-state index contributed by atoms with van der Waals surface area (Å²) < 4.78 is 3.62. The van der Waals surface area contributed by atoms with Crippen molar-refractivity contribution in [1.82, 2.24) is 9.36 Å². The number of hydrogen-bond acceptors (Lipinski definition) is 2. The number of nitrogens with zero attached hydrogens (tertiary/aromatic N) is 3. The van der Waals surface area contributed by atoms with Crippen molar-refractivity contribution in [3.63, 3.8) is 0 Å². The Labute approximate surface area is 173 Å². The molecule has 0 saturated carbocycles. The minimum absolute atomic E-state index is 0.00105. The van der Waals surface area contributed by atoms with E-state index < -0.39 is 0 Å². The molecule has 0 bridgehead atoms. The van der Waals surface area contributed by atoms with Gasteiger partial charge in [-0.3, -0.25) is 9.48 Å². The summed E-state index contributed by atoms with van der Waals surface area (Å²) in [6.07, 6.45) is 6.24. The molecule has 3 aromatic rings. The molecule has 0 fully saturated rings. The van der Waals surface area contributed by atoms with Crippen molar-refractivity contribution in [3.05, 3.63) is 81.8 Å². The molecule has 2 aromatic carbocycles. The Morgan fingerprint density at radius 2 is 1.52 bits per heavy atom. The molecule has 152 valence electrons. The number of rotatable bonds is 8. The fourth-order valence-electron chi connectivity index (χ4n) is 3.67. The van der Waals surface area contributed by atoms with Gasteiger partial charge >= 0.3 is 0 Å². The van der Waals surface area contributed by atoms with E-state index in [9.17, 15) is 4.79 Å². The van der Waals surface area contributed by atoms with Crippen LogP contribution in [0.25, 0.3) is 17.8 Å². The third-order valence-electron chi connectivity index (χ3n) is 5.29. The van der Waals surface area contributed by atoms with Crippen LogP contribution < -0.4 is 10.5 Å². The van der Waals surface area contributed by atoms with E-state index in [0.29, 0.717) is 0 Å². The normalized spacial score (nSPS) is 11.3. The van der Waals surface area contributed by atoms with Gasteiger partial charge in [0.2, 0.25) is 0 Å². The van der Waals surface area contributed by atoms with E-state index >= 15 is 0 Å². The van der Waals surface area contributed by atoms with Crippen LogP contribution in [-0.4, -0.2) is 22.5 Å². The Bertz CT molecular complexity index is 1000. The fourth-order valence-corrected chi connectivity index (χ4v) is 3.67. The smallest absolute Gasteiger partial charge is 0.278 e. The lowest BCUT2D eigenvalue weighted by Gasteiger charge is -2.23. The van der Waals surface area contributed by atoms with Crippen molar-refractivity contribution >= 4 is 17.8 Å². The lowest BCUT2D eigenvalue weighted by atomic mass is 10.1. The first kappa shape index (κ1) is 20.7. The summed E-state index contributed by atoms with van der Waals surface area (Å²) in [5.41, 5.74) is 4.90. The van der Waals surface area contributed by atoms with E-state index in [0.717, 1.165) is 48.4 Å². The summed E-state index contributed by atoms with van der Waals surface area (Å²) in [6, 6.07) is 18.3.